The average Bonchev–Trinajstić information content (AvgIpc) is 2.68. The molecule has 1 aliphatic heterocycles. The van der Waals surface area contributed by atoms with Crippen LogP contribution in [0.15, 0.2) is 0 Å². The van der Waals surface area contributed by atoms with E-state index in [1.807, 2.05) is 0 Å². The van der Waals surface area contributed by atoms with Crippen LogP contribution in [0.4, 0.5) is 0 Å². The summed E-state index contributed by atoms with van der Waals surface area (Å²) in [6, 6.07) is 0. The Hall–Kier alpha value is -1.10. The van der Waals surface area contributed by atoms with Gasteiger partial charge in [0.15, 0.2) is 0 Å². The number of hydrogen-bond acceptors (Lipinski definition) is 3. The van der Waals surface area contributed by atoms with Crippen molar-refractivity contribution in [1.29, 1.82) is 0 Å². The van der Waals surface area contributed by atoms with Gasteiger partial charge in [-0.15, -0.1) is 0 Å². The van der Waals surface area contributed by atoms with E-state index in [0.717, 1.165) is 19.5 Å². The largest absolute Gasteiger partial charge is 0.347 e. The van der Waals surface area contributed by atoms with E-state index in [9.17, 15) is 9.59 Å². The van der Waals surface area contributed by atoms with E-state index in [-0.39, 0.29) is 24.3 Å². The minimum Gasteiger partial charge on any atom is -0.347 e. The molecule has 0 bridgehead atoms. The Bertz CT molecular complexity index is 247. The van der Waals surface area contributed by atoms with Gasteiger partial charge in [0.1, 0.15) is 0 Å². The van der Waals surface area contributed by atoms with Crippen LogP contribution < -0.4 is 5.32 Å². The summed E-state index contributed by atoms with van der Waals surface area (Å²) in [5.41, 5.74) is 0. The Morgan fingerprint density at radius 1 is 1.33 bits per heavy atom. The predicted molar refractivity (Wildman–Crippen MR) is 57.3 cm³/mol. The summed E-state index contributed by atoms with van der Waals surface area (Å²) in [6.45, 7) is 1.80. The normalized spacial score (nSPS) is 20.1. The number of carbonyl (C=O) groups excluding carboxylic acids is 2. The van der Waals surface area contributed by atoms with Crippen LogP contribution in [-0.4, -0.2) is 62.4 Å². The Balaban J connectivity index is 2.42. The SMILES string of the molecule is CN(C)C(=O)CN(C)C(=O)[C@@H]1CCNC1. The summed E-state index contributed by atoms with van der Waals surface area (Å²) >= 11 is 0. The lowest BCUT2D eigenvalue weighted by Gasteiger charge is -2.21. The smallest absolute Gasteiger partial charge is 0.241 e. The molecule has 1 rings (SSSR count). The molecule has 86 valence electrons. The van der Waals surface area contributed by atoms with Gasteiger partial charge in [0.25, 0.3) is 0 Å². The van der Waals surface area contributed by atoms with Gasteiger partial charge in [0.05, 0.1) is 12.5 Å². The van der Waals surface area contributed by atoms with Crippen LogP contribution in [0.1, 0.15) is 6.42 Å². The second-order valence-corrected chi connectivity index (χ2v) is 4.17. The summed E-state index contributed by atoms with van der Waals surface area (Å²) in [6.07, 6.45) is 0.874. The molecule has 1 fully saturated rings. The first-order chi connectivity index (χ1) is 7.02. The molecule has 0 radical (unpaired) electrons. The number of carbonyl (C=O) groups is 2. The Kier molecular flexibility index (Phi) is 4.08. The zero-order valence-corrected chi connectivity index (χ0v) is 9.62. The first kappa shape index (κ1) is 12.0. The molecule has 1 heterocycles. The zero-order valence-electron chi connectivity index (χ0n) is 9.62. The molecule has 0 aromatic heterocycles. The van der Waals surface area contributed by atoms with E-state index < -0.39 is 0 Å². The highest BCUT2D eigenvalue weighted by Crippen LogP contribution is 2.10. The van der Waals surface area contributed by atoms with Crippen molar-refractivity contribution in [2.45, 2.75) is 6.42 Å². The standard InChI is InChI=1S/C10H19N3O2/c1-12(2)9(14)7-13(3)10(15)8-4-5-11-6-8/h8,11H,4-7H2,1-3H3/t8-/m1/s1. The summed E-state index contributed by atoms with van der Waals surface area (Å²) < 4.78 is 0. The van der Waals surface area contributed by atoms with Crippen LogP contribution in [0.3, 0.4) is 0 Å². The number of hydrogen-bond donors (Lipinski definition) is 1. The van der Waals surface area contributed by atoms with Crippen LogP contribution in [0.25, 0.3) is 0 Å². The third kappa shape index (κ3) is 3.20. The summed E-state index contributed by atoms with van der Waals surface area (Å²) in [5.74, 6) is 0.0666. The highest BCUT2D eigenvalue weighted by molar-refractivity contribution is 5.85. The molecule has 2 amide bonds. The van der Waals surface area contributed by atoms with Crippen molar-refractivity contribution >= 4 is 11.8 Å². The number of nitrogens with one attached hydrogen (secondary N) is 1. The average molecular weight is 213 g/mol. The first-order valence-corrected chi connectivity index (χ1v) is 5.18. The van der Waals surface area contributed by atoms with Crippen molar-refractivity contribution in [3.63, 3.8) is 0 Å². The van der Waals surface area contributed by atoms with Crippen molar-refractivity contribution in [1.82, 2.24) is 15.1 Å². The second kappa shape index (κ2) is 5.11. The molecule has 1 atom stereocenters. The molecule has 5 heteroatoms. The molecule has 1 aliphatic rings. The predicted octanol–water partition coefficient (Wildman–Crippen LogP) is -0.857. The molecule has 5 nitrogen and oxygen atoms in total. The summed E-state index contributed by atoms with van der Waals surface area (Å²) in [4.78, 5) is 26.2. The maximum Gasteiger partial charge on any atom is 0.241 e. The second-order valence-electron chi connectivity index (χ2n) is 4.17. The lowest BCUT2D eigenvalue weighted by atomic mass is 10.1. The van der Waals surface area contributed by atoms with Gasteiger partial charge in [-0.1, -0.05) is 0 Å². The molecule has 0 spiro atoms. The fraction of sp³-hybridized carbons (Fsp3) is 0.800. The van der Waals surface area contributed by atoms with Gasteiger partial charge < -0.3 is 15.1 Å². The lowest BCUT2D eigenvalue weighted by Crippen LogP contribution is -2.41. The lowest BCUT2D eigenvalue weighted by molar-refractivity contribution is -0.140. The molecule has 0 saturated carbocycles. The maximum absolute atomic E-state index is 11.8. The van der Waals surface area contributed by atoms with Gasteiger partial charge in [-0.25, -0.2) is 0 Å². The molecular weight excluding hydrogens is 194 g/mol. The molecule has 0 unspecified atom stereocenters. The third-order valence-electron chi connectivity index (χ3n) is 2.66. The fourth-order valence-electron chi connectivity index (χ4n) is 1.60. The van der Waals surface area contributed by atoms with Gasteiger partial charge in [-0.3, -0.25) is 9.59 Å². The van der Waals surface area contributed by atoms with Gasteiger partial charge in [0.2, 0.25) is 11.8 Å². The third-order valence-corrected chi connectivity index (χ3v) is 2.66. The van der Waals surface area contributed by atoms with Crippen molar-refractivity contribution in [2.75, 3.05) is 40.8 Å². The topological polar surface area (TPSA) is 52.7 Å². The molecule has 1 N–H and O–H groups in total. The number of nitrogens with zero attached hydrogens (tertiary/aromatic N) is 2. The number of rotatable bonds is 3. The van der Waals surface area contributed by atoms with Crippen molar-refractivity contribution < 1.29 is 9.59 Å². The zero-order chi connectivity index (χ0) is 11.4. The molecule has 0 aromatic carbocycles. The van der Waals surface area contributed by atoms with Gasteiger partial charge in [-0.05, 0) is 13.0 Å². The van der Waals surface area contributed by atoms with E-state index in [1.165, 1.54) is 9.80 Å². The number of amides is 2. The van der Waals surface area contributed by atoms with Gasteiger partial charge in [-0.2, -0.15) is 0 Å². The Morgan fingerprint density at radius 2 is 2.00 bits per heavy atom. The minimum atomic E-state index is -0.0446. The monoisotopic (exact) mass is 213 g/mol. The van der Waals surface area contributed by atoms with E-state index in [0.29, 0.717) is 0 Å². The van der Waals surface area contributed by atoms with Crippen LogP contribution in [0.5, 0.6) is 0 Å². The van der Waals surface area contributed by atoms with E-state index >= 15 is 0 Å². The Labute approximate surface area is 90.4 Å². The fourth-order valence-corrected chi connectivity index (χ4v) is 1.60. The molecule has 15 heavy (non-hydrogen) atoms. The highest BCUT2D eigenvalue weighted by Gasteiger charge is 2.26. The van der Waals surface area contributed by atoms with Crippen molar-refractivity contribution in [3.05, 3.63) is 0 Å². The Morgan fingerprint density at radius 3 is 2.47 bits per heavy atom. The first-order valence-electron chi connectivity index (χ1n) is 5.18. The van der Waals surface area contributed by atoms with E-state index in [4.69, 9.17) is 0 Å². The van der Waals surface area contributed by atoms with Crippen LogP contribution in [0, 0.1) is 5.92 Å². The molecule has 1 saturated heterocycles. The quantitative estimate of drug-likeness (QED) is 0.664. The van der Waals surface area contributed by atoms with E-state index in [2.05, 4.69) is 5.32 Å². The molecular formula is C10H19N3O2. The van der Waals surface area contributed by atoms with Gasteiger partial charge in [0, 0.05) is 27.7 Å². The molecule has 0 aliphatic carbocycles. The summed E-state index contributed by atoms with van der Waals surface area (Å²) in [7, 11) is 5.07. The van der Waals surface area contributed by atoms with E-state index in [1.54, 1.807) is 21.1 Å². The summed E-state index contributed by atoms with van der Waals surface area (Å²) in [5, 5.41) is 3.14. The van der Waals surface area contributed by atoms with Crippen molar-refractivity contribution in [3.8, 4) is 0 Å². The number of likely N-dealkylation sites (N-methyl/N-ethyl adjacent to an activating group) is 2. The minimum absolute atomic E-state index is 0.0446. The molecule has 0 aromatic rings. The van der Waals surface area contributed by atoms with Crippen LogP contribution >= 0.6 is 0 Å². The van der Waals surface area contributed by atoms with Crippen LogP contribution in [-0.2, 0) is 9.59 Å². The highest BCUT2D eigenvalue weighted by atomic mass is 16.2. The van der Waals surface area contributed by atoms with Gasteiger partial charge >= 0.3 is 0 Å². The van der Waals surface area contributed by atoms with Crippen LogP contribution in [0.2, 0.25) is 0 Å². The van der Waals surface area contributed by atoms with Crippen molar-refractivity contribution in [2.24, 2.45) is 5.92 Å². The maximum atomic E-state index is 11.8.